The Morgan fingerprint density at radius 2 is 1.96 bits per heavy atom. The Morgan fingerprint density at radius 1 is 1.30 bits per heavy atom. The third kappa shape index (κ3) is 4.80. The van der Waals surface area contributed by atoms with Crippen molar-refractivity contribution < 1.29 is 19.1 Å². The van der Waals surface area contributed by atoms with Crippen LogP contribution in [-0.4, -0.2) is 53.2 Å². The Morgan fingerprint density at radius 3 is 2.56 bits per heavy atom. The highest BCUT2D eigenvalue weighted by Crippen LogP contribution is 2.39. The molecule has 2 heterocycles. The van der Waals surface area contributed by atoms with Gasteiger partial charge < -0.3 is 9.47 Å². The molecule has 0 aliphatic carbocycles. The quantitative estimate of drug-likeness (QED) is 0.734. The van der Waals surface area contributed by atoms with E-state index in [0.29, 0.717) is 49.8 Å². The molecule has 27 heavy (non-hydrogen) atoms. The standard InChI is InChI=1S/C19H32N4O4/c1-8-26-11-9-10-15(24)23-13(2)12-22(18(25)27-19(4,5)6)16-14(3)20-21(7)17(16)23/h13H,8-12H2,1-7H3/t13-/m1/s1. The summed E-state index contributed by atoms with van der Waals surface area (Å²) in [6, 6.07) is -0.181. The summed E-state index contributed by atoms with van der Waals surface area (Å²) < 4.78 is 12.6. The van der Waals surface area contributed by atoms with Crippen molar-refractivity contribution in [2.75, 3.05) is 29.6 Å². The fraction of sp³-hybridized carbons (Fsp3) is 0.737. The Balaban J connectivity index is 2.31. The number of carbonyl (C=O) groups excluding carboxylic acids is 2. The van der Waals surface area contributed by atoms with Crippen LogP contribution < -0.4 is 9.80 Å². The molecule has 8 heteroatoms. The fourth-order valence-corrected chi connectivity index (χ4v) is 3.30. The maximum atomic E-state index is 12.9. The number of ether oxygens (including phenoxy) is 2. The van der Waals surface area contributed by atoms with E-state index in [1.165, 1.54) is 0 Å². The van der Waals surface area contributed by atoms with Crippen LogP contribution in [0.4, 0.5) is 16.3 Å². The van der Waals surface area contributed by atoms with Crippen LogP contribution in [0.15, 0.2) is 0 Å². The molecule has 0 aromatic carbocycles. The smallest absolute Gasteiger partial charge is 0.415 e. The van der Waals surface area contributed by atoms with Crippen LogP contribution in [0.1, 0.15) is 53.2 Å². The van der Waals surface area contributed by atoms with Gasteiger partial charge in [-0.3, -0.25) is 19.3 Å². The molecule has 0 unspecified atom stereocenters. The predicted molar refractivity (Wildman–Crippen MR) is 104 cm³/mol. The van der Waals surface area contributed by atoms with Gasteiger partial charge in [-0.15, -0.1) is 0 Å². The second-order valence-electron chi connectivity index (χ2n) is 7.89. The summed E-state index contributed by atoms with van der Waals surface area (Å²) in [5.74, 6) is 0.647. The van der Waals surface area contributed by atoms with Gasteiger partial charge in [-0.1, -0.05) is 0 Å². The van der Waals surface area contributed by atoms with Gasteiger partial charge >= 0.3 is 6.09 Å². The summed E-state index contributed by atoms with van der Waals surface area (Å²) in [6.07, 6.45) is 0.633. The van der Waals surface area contributed by atoms with E-state index in [1.54, 1.807) is 21.5 Å². The number of fused-ring (bicyclic) bond motifs is 1. The zero-order valence-electron chi connectivity index (χ0n) is 17.5. The van der Waals surface area contributed by atoms with Crippen LogP contribution in [0.2, 0.25) is 0 Å². The van der Waals surface area contributed by atoms with Crippen LogP contribution in [0.25, 0.3) is 0 Å². The molecule has 1 aromatic heterocycles. The molecule has 1 aliphatic rings. The summed E-state index contributed by atoms with van der Waals surface area (Å²) in [6.45, 7) is 12.8. The molecule has 0 bridgehead atoms. The predicted octanol–water partition coefficient (Wildman–Crippen LogP) is 3.02. The molecule has 1 aromatic rings. The number of nitrogens with zero attached hydrogens (tertiary/aromatic N) is 4. The SMILES string of the molecule is CCOCCCC(=O)N1c2c(c(C)nn2C)N(C(=O)OC(C)(C)C)C[C@H]1C. The van der Waals surface area contributed by atoms with E-state index in [-0.39, 0.29) is 11.9 Å². The van der Waals surface area contributed by atoms with Gasteiger partial charge in [0, 0.05) is 26.7 Å². The molecule has 1 atom stereocenters. The zero-order chi connectivity index (χ0) is 20.4. The van der Waals surface area contributed by atoms with E-state index in [0.717, 1.165) is 0 Å². The largest absolute Gasteiger partial charge is 0.443 e. The van der Waals surface area contributed by atoms with Crippen molar-refractivity contribution in [2.24, 2.45) is 7.05 Å². The van der Waals surface area contributed by atoms with Crippen molar-refractivity contribution in [1.82, 2.24) is 9.78 Å². The minimum atomic E-state index is -0.594. The van der Waals surface area contributed by atoms with Crippen LogP contribution >= 0.6 is 0 Å². The molecule has 1 aliphatic heterocycles. The second-order valence-corrected chi connectivity index (χ2v) is 7.89. The molecule has 2 rings (SSSR count). The summed E-state index contributed by atoms with van der Waals surface area (Å²) >= 11 is 0. The molecule has 0 saturated carbocycles. The van der Waals surface area contributed by atoms with Crippen molar-refractivity contribution in [3.05, 3.63) is 5.69 Å². The maximum absolute atomic E-state index is 12.9. The highest BCUT2D eigenvalue weighted by atomic mass is 16.6. The van der Waals surface area contributed by atoms with Crippen molar-refractivity contribution in [2.45, 2.75) is 66.0 Å². The number of aryl methyl sites for hydroxylation is 2. The van der Waals surface area contributed by atoms with Gasteiger partial charge in [-0.2, -0.15) is 5.10 Å². The lowest BCUT2D eigenvalue weighted by Gasteiger charge is -2.40. The molecule has 0 spiro atoms. The van der Waals surface area contributed by atoms with Gasteiger partial charge in [-0.25, -0.2) is 4.79 Å². The summed E-state index contributed by atoms with van der Waals surface area (Å²) in [5.41, 5.74) is 0.739. The van der Waals surface area contributed by atoms with E-state index in [2.05, 4.69) is 5.10 Å². The van der Waals surface area contributed by atoms with Gasteiger partial charge in [0.15, 0.2) is 5.82 Å². The van der Waals surface area contributed by atoms with Crippen molar-refractivity contribution in [1.29, 1.82) is 0 Å². The topological polar surface area (TPSA) is 76.9 Å². The minimum absolute atomic E-state index is 0.00953. The Kier molecular flexibility index (Phi) is 6.51. The average molecular weight is 380 g/mol. The molecule has 8 nitrogen and oxygen atoms in total. The summed E-state index contributed by atoms with van der Waals surface area (Å²) in [4.78, 5) is 29.0. The van der Waals surface area contributed by atoms with E-state index in [4.69, 9.17) is 9.47 Å². The number of carbonyl (C=O) groups is 2. The third-order valence-corrected chi connectivity index (χ3v) is 4.31. The van der Waals surface area contributed by atoms with Crippen LogP contribution in [0.3, 0.4) is 0 Å². The molecule has 152 valence electrons. The number of anilines is 2. The van der Waals surface area contributed by atoms with Crippen LogP contribution in [-0.2, 0) is 21.3 Å². The Bertz CT molecular complexity index is 693. The van der Waals surface area contributed by atoms with Crippen molar-refractivity contribution in [3.63, 3.8) is 0 Å². The second kappa shape index (κ2) is 8.29. The van der Waals surface area contributed by atoms with Gasteiger partial charge in [0.25, 0.3) is 0 Å². The third-order valence-electron chi connectivity index (χ3n) is 4.31. The highest BCUT2D eigenvalue weighted by Gasteiger charge is 2.40. The average Bonchev–Trinajstić information content (AvgIpc) is 2.84. The molecule has 0 saturated heterocycles. The van der Waals surface area contributed by atoms with E-state index in [1.807, 2.05) is 41.5 Å². The normalized spacial score (nSPS) is 17.1. The Labute approximate surface area is 161 Å². The highest BCUT2D eigenvalue weighted by molar-refractivity contribution is 6.02. The van der Waals surface area contributed by atoms with Crippen molar-refractivity contribution in [3.8, 4) is 0 Å². The first-order valence-corrected chi connectivity index (χ1v) is 9.50. The lowest BCUT2D eigenvalue weighted by molar-refractivity contribution is -0.119. The molecular weight excluding hydrogens is 348 g/mol. The van der Waals surface area contributed by atoms with Gasteiger partial charge in [0.1, 0.15) is 11.3 Å². The van der Waals surface area contributed by atoms with Gasteiger partial charge in [-0.05, 0) is 48.0 Å². The molecule has 0 fully saturated rings. The van der Waals surface area contributed by atoms with Crippen LogP contribution in [0, 0.1) is 6.92 Å². The molecule has 0 radical (unpaired) electrons. The van der Waals surface area contributed by atoms with E-state index >= 15 is 0 Å². The van der Waals surface area contributed by atoms with Crippen LogP contribution in [0.5, 0.6) is 0 Å². The van der Waals surface area contributed by atoms with Gasteiger partial charge in [0.05, 0.1) is 18.3 Å². The van der Waals surface area contributed by atoms with E-state index < -0.39 is 11.7 Å². The summed E-state index contributed by atoms with van der Waals surface area (Å²) in [7, 11) is 1.79. The summed E-state index contributed by atoms with van der Waals surface area (Å²) in [5, 5.41) is 4.45. The first-order valence-electron chi connectivity index (χ1n) is 9.50. The molecule has 0 N–H and O–H groups in total. The number of hydrogen-bond donors (Lipinski definition) is 0. The first-order chi connectivity index (χ1) is 12.6. The zero-order valence-corrected chi connectivity index (χ0v) is 17.5. The Hall–Kier alpha value is -2.09. The number of hydrogen-bond acceptors (Lipinski definition) is 5. The molecule has 2 amide bonds. The lowest BCUT2D eigenvalue weighted by atomic mass is 10.1. The van der Waals surface area contributed by atoms with Crippen molar-refractivity contribution >= 4 is 23.5 Å². The number of amides is 2. The van der Waals surface area contributed by atoms with E-state index in [9.17, 15) is 9.59 Å². The fourth-order valence-electron chi connectivity index (χ4n) is 3.30. The lowest BCUT2D eigenvalue weighted by Crippen LogP contribution is -2.53. The number of aromatic nitrogens is 2. The first kappa shape index (κ1) is 21.2. The monoisotopic (exact) mass is 380 g/mol. The maximum Gasteiger partial charge on any atom is 0.415 e. The molecular formula is C19H32N4O4. The van der Waals surface area contributed by atoms with Gasteiger partial charge in [0.2, 0.25) is 5.91 Å². The minimum Gasteiger partial charge on any atom is -0.443 e. The number of rotatable bonds is 5.